The first-order valence-corrected chi connectivity index (χ1v) is 7.00. The predicted molar refractivity (Wildman–Crippen MR) is 72.7 cm³/mol. The first-order valence-electron chi connectivity index (χ1n) is 6.12. The quantitative estimate of drug-likeness (QED) is 0.794. The molecule has 0 saturated carbocycles. The zero-order valence-corrected chi connectivity index (χ0v) is 11.5. The Morgan fingerprint density at radius 2 is 2.19 bits per heavy atom. The fraction of sp³-hybridized carbons (Fsp3) is 0.692. The molecular formula is C13H24N2S. The highest BCUT2D eigenvalue weighted by Gasteiger charge is 2.11. The third-order valence-electron chi connectivity index (χ3n) is 2.67. The van der Waals surface area contributed by atoms with Gasteiger partial charge in [-0.3, -0.25) is 4.90 Å². The highest BCUT2D eigenvalue weighted by molar-refractivity contribution is 7.09. The van der Waals surface area contributed by atoms with Crippen LogP contribution in [0.15, 0.2) is 17.5 Å². The molecular weight excluding hydrogens is 216 g/mol. The minimum atomic E-state index is 0.305. The summed E-state index contributed by atoms with van der Waals surface area (Å²) in [6.45, 7) is 9.79. The number of hydrogen-bond donors (Lipinski definition) is 1. The number of hydrogen-bond acceptors (Lipinski definition) is 3. The van der Waals surface area contributed by atoms with Gasteiger partial charge < -0.3 is 5.73 Å². The number of likely N-dealkylation sites (N-methyl/N-ethyl adjacent to an activating group) is 1. The van der Waals surface area contributed by atoms with Gasteiger partial charge in [-0.15, -0.1) is 11.3 Å². The first-order chi connectivity index (χ1) is 7.61. The number of rotatable bonds is 7. The zero-order chi connectivity index (χ0) is 12.0. The van der Waals surface area contributed by atoms with Crippen molar-refractivity contribution in [2.24, 2.45) is 11.7 Å². The Bertz CT molecular complexity index is 269. The zero-order valence-electron chi connectivity index (χ0n) is 10.6. The first kappa shape index (κ1) is 13.7. The van der Waals surface area contributed by atoms with Crippen molar-refractivity contribution in [1.82, 2.24) is 4.90 Å². The summed E-state index contributed by atoms with van der Waals surface area (Å²) in [6, 6.07) is 4.61. The Morgan fingerprint density at radius 3 is 2.69 bits per heavy atom. The highest BCUT2D eigenvalue weighted by Crippen LogP contribution is 2.12. The van der Waals surface area contributed by atoms with Gasteiger partial charge in [0.05, 0.1) is 0 Å². The maximum atomic E-state index is 6.14. The second-order valence-corrected chi connectivity index (χ2v) is 5.83. The van der Waals surface area contributed by atoms with E-state index in [-0.39, 0.29) is 0 Å². The number of thiophene rings is 1. The van der Waals surface area contributed by atoms with E-state index in [9.17, 15) is 0 Å². The summed E-state index contributed by atoms with van der Waals surface area (Å²) in [5, 5.41) is 2.14. The van der Waals surface area contributed by atoms with Gasteiger partial charge in [0.25, 0.3) is 0 Å². The molecule has 0 aromatic carbocycles. The number of nitrogens with zero attached hydrogens (tertiary/aromatic N) is 1. The van der Waals surface area contributed by atoms with Gasteiger partial charge in [0.2, 0.25) is 0 Å². The fourth-order valence-electron chi connectivity index (χ4n) is 1.94. The molecule has 0 fully saturated rings. The lowest BCUT2D eigenvalue weighted by Crippen LogP contribution is -2.37. The molecule has 1 atom stereocenters. The van der Waals surface area contributed by atoms with Crippen LogP contribution in [0.25, 0.3) is 0 Å². The monoisotopic (exact) mass is 240 g/mol. The molecule has 92 valence electrons. The second-order valence-electron chi connectivity index (χ2n) is 4.80. The van der Waals surface area contributed by atoms with Crippen LogP contribution >= 0.6 is 11.3 Å². The van der Waals surface area contributed by atoms with Crippen molar-refractivity contribution in [2.75, 3.05) is 13.1 Å². The van der Waals surface area contributed by atoms with Gasteiger partial charge in [0, 0.05) is 24.0 Å². The number of nitrogens with two attached hydrogens (primary N) is 1. The van der Waals surface area contributed by atoms with Crippen LogP contribution in [0.4, 0.5) is 0 Å². The Balaban J connectivity index is 2.37. The van der Waals surface area contributed by atoms with Gasteiger partial charge in [-0.1, -0.05) is 26.8 Å². The van der Waals surface area contributed by atoms with E-state index in [2.05, 4.69) is 43.2 Å². The van der Waals surface area contributed by atoms with E-state index < -0.39 is 0 Å². The van der Waals surface area contributed by atoms with E-state index in [1.807, 2.05) is 11.3 Å². The minimum absolute atomic E-state index is 0.305. The molecule has 0 radical (unpaired) electrons. The van der Waals surface area contributed by atoms with Crippen LogP contribution in [0.2, 0.25) is 0 Å². The van der Waals surface area contributed by atoms with Gasteiger partial charge in [0.1, 0.15) is 0 Å². The molecule has 1 rings (SSSR count). The minimum Gasteiger partial charge on any atom is -0.327 e. The predicted octanol–water partition coefficient (Wildman–Crippen LogP) is 2.94. The van der Waals surface area contributed by atoms with E-state index >= 15 is 0 Å². The van der Waals surface area contributed by atoms with E-state index in [0.29, 0.717) is 12.0 Å². The highest BCUT2D eigenvalue weighted by atomic mass is 32.1. The summed E-state index contributed by atoms with van der Waals surface area (Å²) in [5.41, 5.74) is 6.14. The van der Waals surface area contributed by atoms with Crippen molar-refractivity contribution in [1.29, 1.82) is 0 Å². The summed E-state index contributed by atoms with van der Waals surface area (Å²) < 4.78 is 0. The topological polar surface area (TPSA) is 29.3 Å². The molecule has 1 unspecified atom stereocenters. The third-order valence-corrected chi connectivity index (χ3v) is 3.53. The fourth-order valence-corrected chi connectivity index (χ4v) is 2.69. The van der Waals surface area contributed by atoms with Gasteiger partial charge in [-0.05, 0) is 30.3 Å². The van der Waals surface area contributed by atoms with E-state index in [0.717, 1.165) is 26.1 Å². The summed E-state index contributed by atoms with van der Waals surface area (Å²) in [5.74, 6) is 0.690. The molecule has 0 bridgehead atoms. The molecule has 1 heterocycles. The molecule has 2 N–H and O–H groups in total. The van der Waals surface area contributed by atoms with Crippen LogP contribution in [-0.2, 0) is 6.54 Å². The summed E-state index contributed by atoms with van der Waals surface area (Å²) in [6.07, 6.45) is 1.11. The lowest BCUT2D eigenvalue weighted by molar-refractivity contribution is 0.251. The molecule has 3 heteroatoms. The molecule has 0 aliphatic heterocycles. The second kappa shape index (κ2) is 7.05. The molecule has 1 aromatic rings. The molecule has 2 nitrogen and oxygen atoms in total. The summed E-state index contributed by atoms with van der Waals surface area (Å²) in [7, 11) is 0. The Morgan fingerprint density at radius 1 is 1.44 bits per heavy atom. The Kier molecular flexibility index (Phi) is 6.03. The van der Waals surface area contributed by atoms with Crippen LogP contribution in [0.1, 0.15) is 32.1 Å². The van der Waals surface area contributed by atoms with Crippen LogP contribution in [0, 0.1) is 5.92 Å². The molecule has 0 saturated heterocycles. The molecule has 1 aromatic heterocycles. The average molecular weight is 240 g/mol. The van der Waals surface area contributed by atoms with Crippen molar-refractivity contribution in [2.45, 2.75) is 39.8 Å². The van der Waals surface area contributed by atoms with Crippen molar-refractivity contribution in [3.05, 3.63) is 22.4 Å². The third kappa shape index (κ3) is 5.10. The van der Waals surface area contributed by atoms with Gasteiger partial charge >= 0.3 is 0 Å². The van der Waals surface area contributed by atoms with Gasteiger partial charge in [0.15, 0.2) is 0 Å². The van der Waals surface area contributed by atoms with Crippen molar-refractivity contribution >= 4 is 11.3 Å². The molecule has 16 heavy (non-hydrogen) atoms. The smallest absolute Gasteiger partial charge is 0.0328 e. The molecule has 0 aliphatic rings. The summed E-state index contributed by atoms with van der Waals surface area (Å²) in [4.78, 5) is 3.86. The standard InChI is InChI=1S/C13H24N2S/c1-4-15(9-12(14)8-11(2)3)10-13-6-5-7-16-13/h5-7,11-12H,4,8-10,14H2,1-3H3. The summed E-state index contributed by atoms with van der Waals surface area (Å²) >= 11 is 1.83. The van der Waals surface area contributed by atoms with Crippen molar-refractivity contribution in [3.8, 4) is 0 Å². The maximum Gasteiger partial charge on any atom is 0.0328 e. The molecule has 0 aliphatic carbocycles. The normalized spacial score (nSPS) is 13.6. The van der Waals surface area contributed by atoms with E-state index in [4.69, 9.17) is 5.73 Å². The van der Waals surface area contributed by atoms with Crippen LogP contribution in [0.5, 0.6) is 0 Å². The van der Waals surface area contributed by atoms with Crippen molar-refractivity contribution < 1.29 is 0 Å². The van der Waals surface area contributed by atoms with Crippen LogP contribution in [0.3, 0.4) is 0 Å². The lowest BCUT2D eigenvalue weighted by atomic mass is 10.0. The average Bonchev–Trinajstić information content (AvgIpc) is 2.68. The van der Waals surface area contributed by atoms with E-state index in [1.165, 1.54) is 4.88 Å². The van der Waals surface area contributed by atoms with Crippen molar-refractivity contribution in [3.63, 3.8) is 0 Å². The lowest BCUT2D eigenvalue weighted by Gasteiger charge is -2.24. The van der Waals surface area contributed by atoms with Gasteiger partial charge in [-0.25, -0.2) is 0 Å². The van der Waals surface area contributed by atoms with Crippen LogP contribution in [-0.4, -0.2) is 24.0 Å². The Hall–Kier alpha value is -0.380. The Labute approximate surface area is 103 Å². The van der Waals surface area contributed by atoms with Crippen LogP contribution < -0.4 is 5.73 Å². The maximum absolute atomic E-state index is 6.14. The molecule has 0 amide bonds. The SMILES string of the molecule is CCN(Cc1cccs1)CC(N)CC(C)C. The largest absolute Gasteiger partial charge is 0.327 e. The van der Waals surface area contributed by atoms with Gasteiger partial charge in [-0.2, -0.15) is 0 Å². The van der Waals surface area contributed by atoms with E-state index in [1.54, 1.807) is 0 Å². The molecule has 0 spiro atoms.